The molecule has 230 valence electrons. The van der Waals surface area contributed by atoms with Crippen molar-refractivity contribution in [2.45, 2.75) is 0 Å². The predicted octanol–water partition coefficient (Wildman–Crippen LogP) is 11.5. The molecule has 0 aliphatic carbocycles. The smallest absolute Gasteiger partial charge is 0.188 e. The van der Waals surface area contributed by atoms with Crippen molar-refractivity contribution in [2.24, 2.45) is 0 Å². The zero-order valence-corrected chi connectivity index (χ0v) is 26.7. The number of benzene rings is 7. The van der Waals surface area contributed by atoms with E-state index in [-0.39, 0.29) is 0 Å². The van der Waals surface area contributed by atoms with Crippen molar-refractivity contribution in [1.29, 1.82) is 10.5 Å². The average Bonchev–Trinajstić information content (AvgIpc) is 3.69. The highest BCUT2D eigenvalue weighted by molar-refractivity contribution is 6.11. The molecule has 2 aromatic heterocycles. The van der Waals surface area contributed by atoms with Gasteiger partial charge in [0, 0.05) is 21.7 Å². The standard InChI is InChI=1S/C45H25N5/c1-48-32-22-24-43-38(26-32)36-15-6-9-19-42(36)50(43)44-20-10-11-30(27-46)45(44)37-16-3-2-12-33(37)29-21-23-39(31(25-29)28-47)49-40-17-7-4-13-34(40)35-14-5-8-18-41(35)49/h2-26H. The molecule has 0 saturated heterocycles. The maximum atomic E-state index is 10.6. The molecule has 0 N–H and O–H groups in total. The predicted molar refractivity (Wildman–Crippen MR) is 202 cm³/mol. The van der Waals surface area contributed by atoms with E-state index < -0.39 is 0 Å². The number of rotatable bonds is 4. The van der Waals surface area contributed by atoms with Crippen molar-refractivity contribution in [3.8, 4) is 45.8 Å². The quantitative estimate of drug-likeness (QED) is 0.181. The number of hydrogen-bond donors (Lipinski definition) is 0. The zero-order chi connectivity index (χ0) is 33.8. The lowest BCUT2D eigenvalue weighted by Gasteiger charge is -2.19. The Morgan fingerprint density at radius 2 is 1.02 bits per heavy atom. The van der Waals surface area contributed by atoms with Gasteiger partial charge in [-0.1, -0.05) is 97.1 Å². The molecule has 0 aliphatic heterocycles. The minimum absolute atomic E-state index is 0.543. The van der Waals surface area contributed by atoms with Gasteiger partial charge in [-0.05, 0) is 76.7 Å². The van der Waals surface area contributed by atoms with E-state index >= 15 is 0 Å². The van der Waals surface area contributed by atoms with E-state index in [2.05, 4.69) is 74.6 Å². The summed E-state index contributed by atoms with van der Waals surface area (Å²) in [4.78, 5) is 3.69. The van der Waals surface area contributed by atoms with E-state index in [1.165, 1.54) is 0 Å². The van der Waals surface area contributed by atoms with Crippen molar-refractivity contribution in [2.75, 3.05) is 0 Å². The first-order valence-electron chi connectivity index (χ1n) is 16.3. The summed E-state index contributed by atoms with van der Waals surface area (Å²) in [7, 11) is 0. The Morgan fingerprint density at radius 1 is 0.460 bits per heavy atom. The molecule has 5 nitrogen and oxygen atoms in total. The average molecular weight is 636 g/mol. The van der Waals surface area contributed by atoms with Crippen LogP contribution in [0.2, 0.25) is 0 Å². The van der Waals surface area contributed by atoms with Crippen LogP contribution in [0.5, 0.6) is 0 Å². The maximum absolute atomic E-state index is 10.6. The van der Waals surface area contributed by atoms with Gasteiger partial charge in [0.25, 0.3) is 0 Å². The molecule has 0 saturated carbocycles. The van der Waals surface area contributed by atoms with Crippen LogP contribution in [0.4, 0.5) is 5.69 Å². The van der Waals surface area contributed by atoms with Crippen molar-refractivity contribution >= 4 is 49.3 Å². The number of para-hydroxylation sites is 3. The Labute approximate surface area is 288 Å². The second-order valence-electron chi connectivity index (χ2n) is 12.2. The Hall–Kier alpha value is -7.39. The van der Waals surface area contributed by atoms with Crippen molar-refractivity contribution in [1.82, 2.24) is 9.13 Å². The zero-order valence-electron chi connectivity index (χ0n) is 26.7. The van der Waals surface area contributed by atoms with Crippen LogP contribution in [-0.2, 0) is 0 Å². The van der Waals surface area contributed by atoms with Crippen LogP contribution >= 0.6 is 0 Å². The van der Waals surface area contributed by atoms with Crippen LogP contribution in [0.3, 0.4) is 0 Å². The highest BCUT2D eigenvalue weighted by Crippen LogP contribution is 2.42. The molecule has 7 aromatic carbocycles. The minimum atomic E-state index is 0.543. The van der Waals surface area contributed by atoms with Crippen LogP contribution in [-0.4, -0.2) is 9.13 Å². The fourth-order valence-corrected chi connectivity index (χ4v) is 7.52. The molecule has 0 atom stereocenters. The van der Waals surface area contributed by atoms with Gasteiger partial charge in [-0.3, -0.25) is 0 Å². The normalized spacial score (nSPS) is 11.1. The third-order valence-corrected chi connectivity index (χ3v) is 9.63. The molecule has 0 aliphatic rings. The SMILES string of the molecule is [C-]#[N+]c1ccc2c(c1)c1ccccc1n2-c1cccc(C#N)c1-c1ccccc1-c1ccc(-n2c3ccccc3c3ccccc32)c(C#N)c1. The van der Waals surface area contributed by atoms with Gasteiger partial charge < -0.3 is 9.13 Å². The molecule has 9 rings (SSSR count). The molecule has 9 aromatic rings. The Bertz CT molecular complexity index is 2920. The van der Waals surface area contributed by atoms with Gasteiger partial charge in [0.2, 0.25) is 0 Å². The van der Waals surface area contributed by atoms with E-state index in [1.54, 1.807) is 0 Å². The van der Waals surface area contributed by atoms with Crippen LogP contribution in [0.15, 0.2) is 152 Å². The van der Waals surface area contributed by atoms with Crippen LogP contribution in [0.25, 0.3) is 82.1 Å². The van der Waals surface area contributed by atoms with Gasteiger partial charge in [0.1, 0.15) is 6.07 Å². The lowest BCUT2D eigenvalue weighted by Crippen LogP contribution is -2.01. The lowest BCUT2D eigenvalue weighted by atomic mass is 9.90. The molecule has 0 unspecified atom stereocenters. The van der Waals surface area contributed by atoms with Gasteiger partial charge in [-0.2, -0.15) is 10.5 Å². The fourth-order valence-electron chi connectivity index (χ4n) is 7.52. The first-order chi connectivity index (χ1) is 24.7. The largest absolute Gasteiger partial charge is 0.309 e. The van der Waals surface area contributed by atoms with E-state index in [0.717, 1.165) is 77.2 Å². The number of fused-ring (bicyclic) bond motifs is 6. The van der Waals surface area contributed by atoms with E-state index in [1.807, 2.05) is 103 Å². The molecule has 2 heterocycles. The molecular formula is C45H25N5. The third-order valence-electron chi connectivity index (χ3n) is 9.63. The maximum Gasteiger partial charge on any atom is 0.188 e. The number of aromatic nitrogens is 2. The summed E-state index contributed by atoms with van der Waals surface area (Å²) in [5.74, 6) is 0. The molecule has 0 bridgehead atoms. The van der Waals surface area contributed by atoms with Crippen LogP contribution in [0.1, 0.15) is 11.1 Å². The highest BCUT2D eigenvalue weighted by atomic mass is 15.0. The first kappa shape index (κ1) is 28.8. The van der Waals surface area contributed by atoms with Gasteiger partial charge in [-0.25, -0.2) is 4.85 Å². The fraction of sp³-hybridized carbons (Fsp3) is 0. The number of nitriles is 2. The molecule has 0 amide bonds. The summed E-state index contributed by atoms with van der Waals surface area (Å²) in [6.45, 7) is 7.62. The van der Waals surface area contributed by atoms with Crippen LogP contribution < -0.4 is 0 Å². The summed E-state index contributed by atoms with van der Waals surface area (Å²) in [5.41, 5.74) is 10.9. The van der Waals surface area contributed by atoms with E-state index in [9.17, 15) is 10.5 Å². The summed E-state index contributed by atoms with van der Waals surface area (Å²) in [6.07, 6.45) is 0. The van der Waals surface area contributed by atoms with E-state index in [0.29, 0.717) is 16.8 Å². The van der Waals surface area contributed by atoms with Crippen molar-refractivity contribution in [3.63, 3.8) is 0 Å². The molecule has 0 spiro atoms. The van der Waals surface area contributed by atoms with Crippen LogP contribution in [0, 0.1) is 29.2 Å². The Balaban J connectivity index is 1.28. The summed E-state index contributed by atoms with van der Waals surface area (Å²) in [5, 5.41) is 25.4. The number of nitrogens with zero attached hydrogens (tertiary/aromatic N) is 5. The van der Waals surface area contributed by atoms with Crippen molar-refractivity contribution in [3.05, 3.63) is 174 Å². The Kier molecular flexibility index (Phi) is 6.56. The van der Waals surface area contributed by atoms with E-state index in [4.69, 9.17) is 6.57 Å². The third kappa shape index (κ3) is 4.24. The Morgan fingerprint density at radius 3 is 1.66 bits per heavy atom. The lowest BCUT2D eigenvalue weighted by molar-refractivity contribution is 1.17. The molecule has 50 heavy (non-hydrogen) atoms. The molecule has 0 fully saturated rings. The summed E-state index contributed by atoms with van der Waals surface area (Å²) < 4.78 is 4.36. The number of hydrogen-bond acceptors (Lipinski definition) is 2. The summed E-state index contributed by atoms with van der Waals surface area (Å²) in [6, 6.07) is 55.4. The van der Waals surface area contributed by atoms with Gasteiger partial charge in [0.05, 0.1) is 57.2 Å². The van der Waals surface area contributed by atoms with Gasteiger partial charge >= 0.3 is 0 Å². The van der Waals surface area contributed by atoms with Gasteiger partial charge in [-0.15, -0.1) is 0 Å². The summed E-state index contributed by atoms with van der Waals surface area (Å²) >= 11 is 0. The molecular weight excluding hydrogens is 611 g/mol. The topological polar surface area (TPSA) is 61.8 Å². The second kappa shape index (κ2) is 11.4. The monoisotopic (exact) mass is 635 g/mol. The minimum Gasteiger partial charge on any atom is -0.309 e. The highest BCUT2D eigenvalue weighted by Gasteiger charge is 2.21. The molecule has 0 radical (unpaired) electrons. The second-order valence-corrected chi connectivity index (χ2v) is 12.2. The molecule has 5 heteroatoms. The van der Waals surface area contributed by atoms with Crippen molar-refractivity contribution < 1.29 is 0 Å². The first-order valence-corrected chi connectivity index (χ1v) is 16.3. The van der Waals surface area contributed by atoms with Gasteiger partial charge in [0.15, 0.2) is 5.69 Å².